The number of nitrogens with zero attached hydrogens (tertiary/aromatic N) is 4. The predicted octanol–water partition coefficient (Wildman–Crippen LogP) is 3.40. The van der Waals surface area contributed by atoms with Crippen molar-refractivity contribution in [3.8, 4) is 17.0 Å². The van der Waals surface area contributed by atoms with Gasteiger partial charge in [-0.25, -0.2) is 0 Å². The quantitative estimate of drug-likeness (QED) is 0.718. The van der Waals surface area contributed by atoms with Gasteiger partial charge >= 0.3 is 0 Å². The molecule has 8 heteroatoms. The number of methoxy groups -OCH3 is 1. The molecule has 26 heavy (non-hydrogen) atoms. The van der Waals surface area contributed by atoms with Gasteiger partial charge in [0.2, 0.25) is 5.13 Å². The second-order valence-electron chi connectivity index (χ2n) is 6.32. The monoisotopic (exact) mass is 371 g/mol. The number of carbonyl (C=O) groups excluding carboxylic acids is 1. The second kappa shape index (κ2) is 7.65. The summed E-state index contributed by atoms with van der Waals surface area (Å²) in [7, 11) is 3.37. The van der Waals surface area contributed by atoms with E-state index < -0.39 is 0 Å². The van der Waals surface area contributed by atoms with Gasteiger partial charge in [0, 0.05) is 19.0 Å². The highest BCUT2D eigenvalue weighted by Gasteiger charge is 2.16. The number of rotatable bonds is 6. The SMILES string of the molecule is COc1ccc(-c2cc(C(=O)Nc3nnc(CC(C)C)s3)n(C)n2)cc1. The van der Waals surface area contributed by atoms with Crippen molar-refractivity contribution in [2.24, 2.45) is 13.0 Å². The molecule has 1 aromatic carbocycles. The maximum Gasteiger partial charge on any atom is 0.275 e. The number of hydrogen-bond donors (Lipinski definition) is 1. The lowest BCUT2D eigenvalue weighted by atomic mass is 10.1. The molecule has 2 aromatic heterocycles. The van der Waals surface area contributed by atoms with Crippen LogP contribution in [-0.2, 0) is 13.5 Å². The highest BCUT2D eigenvalue weighted by Crippen LogP contribution is 2.23. The molecule has 0 saturated carbocycles. The summed E-state index contributed by atoms with van der Waals surface area (Å²) < 4.78 is 6.72. The molecule has 0 aliphatic carbocycles. The van der Waals surface area contributed by atoms with E-state index in [2.05, 4.69) is 34.5 Å². The van der Waals surface area contributed by atoms with Crippen LogP contribution in [0.25, 0.3) is 11.3 Å². The van der Waals surface area contributed by atoms with Crippen molar-refractivity contribution in [2.75, 3.05) is 12.4 Å². The molecule has 3 aromatic rings. The first-order chi connectivity index (χ1) is 12.5. The molecule has 0 saturated heterocycles. The maximum absolute atomic E-state index is 12.6. The van der Waals surface area contributed by atoms with E-state index in [-0.39, 0.29) is 5.91 Å². The molecular formula is C18H21N5O2S. The molecule has 1 amide bonds. The van der Waals surface area contributed by atoms with Crippen molar-refractivity contribution in [2.45, 2.75) is 20.3 Å². The van der Waals surface area contributed by atoms with Crippen LogP contribution in [0, 0.1) is 5.92 Å². The molecule has 0 aliphatic rings. The minimum Gasteiger partial charge on any atom is -0.497 e. The van der Waals surface area contributed by atoms with Crippen molar-refractivity contribution in [3.63, 3.8) is 0 Å². The highest BCUT2D eigenvalue weighted by molar-refractivity contribution is 7.15. The van der Waals surface area contributed by atoms with Gasteiger partial charge in [0.05, 0.1) is 12.8 Å². The number of nitrogens with one attached hydrogen (secondary N) is 1. The fourth-order valence-electron chi connectivity index (χ4n) is 2.48. The number of amides is 1. The third-order valence-corrected chi connectivity index (χ3v) is 4.63. The van der Waals surface area contributed by atoms with Gasteiger partial charge in [-0.15, -0.1) is 10.2 Å². The van der Waals surface area contributed by atoms with Crippen LogP contribution < -0.4 is 10.1 Å². The van der Waals surface area contributed by atoms with Crippen LogP contribution in [0.1, 0.15) is 29.3 Å². The Morgan fingerprint density at radius 1 is 1.27 bits per heavy atom. The predicted molar refractivity (Wildman–Crippen MR) is 102 cm³/mol. The number of aromatic nitrogens is 4. The molecule has 7 nitrogen and oxygen atoms in total. The first-order valence-corrected chi connectivity index (χ1v) is 9.10. The molecular weight excluding hydrogens is 350 g/mol. The Bertz CT molecular complexity index is 899. The molecule has 0 bridgehead atoms. The number of ether oxygens (including phenoxy) is 1. The zero-order valence-corrected chi connectivity index (χ0v) is 16.0. The van der Waals surface area contributed by atoms with Crippen molar-refractivity contribution >= 4 is 22.4 Å². The van der Waals surface area contributed by atoms with E-state index in [0.29, 0.717) is 16.7 Å². The molecule has 3 rings (SSSR count). The topological polar surface area (TPSA) is 81.9 Å². The molecule has 136 valence electrons. The largest absolute Gasteiger partial charge is 0.497 e. The molecule has 0 aliphatic heterocycles. The summed E-state index contributed by atoms with van der Waals surface area (Å²) in [6.07, 6.45) is 0.848. The van der Waals surface area contributed by atoms with Gasteiger partial charge in [0.25, 0.3) is 5.91 Å². The fraction of sp³-hybridized carbons (Fsp3) is 0.333. The number of aryl methyl sites for hydroxylation is 1. The minimum atomic E-state index is -0.257. The van der Waals surface area contributed by atoms with Crippen LogP contribution in [0.15, 0.2) is 30.3 Å². The van der Waals surface area contributed by atoms with Crippen LogP contribution in [0.4, 0.5) is 5.13 Å². The van der Waals surface area contributed by atoms with Crippen LogP contribution in [-0.4, -0.2) is 33.0 Å². The van der Waals surface area contributed by atoms with E-state index in [1.807, 2.05) is 24.3 Å². The van der Waals surface area contributed by atoms with E-state index >= 15 is 0 Å². The molecule has 0 radical (unpaired) electrons. The van der Waals surface area contributed by atoms with Crippen molar-refractivity contribution in [3.05, 3.63) is 41.0 Å². The van der Waals surface area contributed by atoms with Gasteiger partial charge in [-0.1, -0.05) is 25.2 Å². The summed E-state index contributed by atoms with van der Waals surface area (Å²) in [6.45, 7) is 4.24. The number of hydrogen-bond acceptors (Lipinski definition) is 6. The van der Waals surface area contributed by atoms with Gasteiger partial charge in [-0.3, -0.25) is 14.8 Å². The van der Waals surface area contributed by atoms with Gasteiger partial charge in [-0.05, 0) is 36.2 Å². The fourth-order valence-corrected chi connectivity index (χ4v) is 3.43. The standard InChI is InChI=1S/C18H21N5O2S/c1-11(2)9-16-20-21-18(26-16)19-17(24)15-10-14(22-23(15)3)12-5-7-13(25-4)8-6-12/h5-8,10-11H,9H2,1-4H3,(H,19,21,24). The molecule has 0 atom stereocenters. The lowest BCUT2D eigenvalue weighted by molar-refractivity contribution is 0.101. The first kappa shape index (κ1) is 18.1. The van der Waals surface area contributed by atoms with Crippen molar-refractivity contribution in [1.29, 1.82) is 0 Å². The average Bonchev–Trinajstić information content (AvgIpc) is 3.21. The maximum atomic E-state index is 12.6. The van der Waals surface area contributed by atoms with Crippen LogP contribution in [0.3, 0.4) is 0 Å². The Morgan fingerprint density at radius 2 is 2.00 bits per heavy atom. The Morgan fingerprint density at radius 3 is 2.65 bits per heavy atom. The molecule has 0 unspecified atom stereocenters. The van der Waals surface area contributed by atoms with Gasteiger partial charge < -0.3 is 4.74 Å². The molecule has 1 N–H and O–H groups in total. The summed E-state index contributed by atoms with van der Waals surface area (Å²) in [4.78, 5) is 12.6. The molecule has 2 heterocycles. The van der Waals surface area contributed by atoms with Crippen molar-refractivity contribution in [1.82, 2.24) is 20.0 Å². The van der Waals surface area contributed by atoms with E-state index in [1.165, 1.54) is 11.3 Å². The molecule has 0 spiro atoms. The van der Waals surface area contributed by atoms with E-state index in [1.54, 1.807) is 24.9 Å². The number of benzene rings is 1. The third-order valence-electron chi connectivity index (χ3n) is 3.77. The first-order valence-electron chi connectivity index (χ1n) is 8.28. The normalized spacial score (nSPS) is 11.0. The lowest BCUT2D eigenvalue weighted by Gasteiger charge is -2.00. The van der Waals surface area contributed by atoms with E-state index in [9.17, 15) is 4.79 Å². The third kappa shape index (κ3) is 4.08. The minimum absolute atomic E-state index is 0.257. The van der Waals surface area contributed by atoms with E-state index in [0.717, 1.165) is 28.4 Å². The van der Waals surface area contributed by atoms with Crippen LogP contribution in [0.5, 0.6) is 5.75 Å². The summed E-state index contributed by atoms with van der Waals surface area (Å²) in [5.41, 5.74) is 2.09. The zero-order valence-electron chi connectivity index (χ0n) is 15.2. The Hall–Kier alpha value is -2.74. The summed E-state index contributed by atoms with van der Waals surface area (Å²) in [5, 5.41) is 16.8. The van der Waals surface area contributed by atoms with Crippen molar-refractivity contribution < 1.29 is 9.53 Å². The summed E-state index contributed by atoms with van der Waals surface area (Å²) in [6, 6.07) is 9.30. The Labute approximate surface area is 156 Å². The van der Waals surface area contributed by atoms with Gasteiger partial charge in [0.15, 0.2) is 0 Å². The van der Waals surface area contributed by atoms with Crippen LogP contribution in [0.2, 0.25) is 0 Å². The molecule has 0 fully saturated rings. The zero-order chi connectivity index (χ0) is 18.7. The van der Waals surface area contributed by atoms with E-state index in [4.69, 9.17) is 4.74 Å². The second-order valence-corrected chi connectivity index (χ2v) is 7.38. The lowest BCUT2D eigenvalue weighted by Crippen LogP contribution is -2.15. The Kier molecular flexibility index (Phi) is 5.32. The average molecular weight is 371 g/mol. The van der Waals surface area contributed by atoms with Gasteiger partial charge in [0.1, 0.15) is 16.5 Å². The smallest absolute Gasteiger partial charge is 0.275 e. The summed E-state index contributed by atoms with van der Waals surface area (Å²) >= 11 is 1.40. The van der Waals surface area contributed by atoms with Gasteiger partial charge in [-0.2, -0.15) is 5.10 Å². The number of anilines is 1. The summed E-state index contributed by atoms with van der Waals surface area (Å²) in [5.74, 6) is 1.01. The highest BCUT2D eigenvalue weighted by atomic mass is 32.1. The number of carbonyl (C=O) groups is 1. The van der Waals surface area contributed by atoms with Crippen LogP contribution >= 0.6 is 11.3 Å². The Balaban J connectivity index is 1.75.